The summed E-state index contributed by atoms with van der Waals surface area (Å²) in [5.74, 6) is 0.536. The second-order valence-corrected chi connectivity index (χ2v) is 6.70. The molecule has 1 saturated carbocycles. The maximum atomic E-state index is 14.2. The number of halogens is 2. The van der Waals surface area contributed by atoms with Crippen LogP contribution >= 0.6 is 11.6 Å². The van der Waals surface area contributed by atoms with Crippen molar-refractivity contribution in [1.82, 2.24) is 14.9 Å². The Morgan fingerprint density at radius 3 is 2.80 bits per heavy atom. The van der Waals surface area contributed by atoms with E-state index in [0.29, 0.717) is 23.0 Å². The van der Waals surface area contributed by atoms with Gasteiger partial charge >= 0.3 is 0 Å². The zero-order valence-electron chi connectivity index (χ0n) is 13.5. The average molecular weight is 358 g/mol. The standard InChI is InChI=1S/C19H17ClFN3O/c20-14-4-3-5-15(21)13(14)11-24-17-7-2-1-6-16(17)23-18(24)10-22-19(25)12-8-9-12/h1-7,12H,8-11H2,(H,22,25). The van der Waals surface area contributed by atoms with Crippen molar-refractivity contribution in [3.8, 4) is 0 Å². The Labute approximate surface area is 149 Å². The van der Waals surface area contributed by atoms with Crippen LogP contribution in [0.5, 0.6) is 0 Å². The molecular weight excluding hydrogens is 341 g/mol. The molecule has 1 aliphatic carbocycles. The summed E-state index contributed by atoms with van der Waals surface area (Å²) in [6.07, 6.45) is 1.90. The van der Waals surface area contributed by atoms with Gasteiger partial charge < -0.3 is 9.88 Å². The highest BCUT2D eigenvalue weighted by molar-refractivity contribution is 6.31. The Morgan fingerprint density at radius 2 is 2.04 bits per heavy atom. The molecule has 0 spiro atoms. The number of para-hydroxylation sites is 2. The number of nitrogens with one attached hydrogen (secondary N) is 1. The lowest BCUT2D eigenvalue weighted by molar-refractivity contribution is -0.122. The van der Waals surface area contributed by atoms with E-state index in [1.54, 1.807) is 12.1 Å². The number of rotatable bonds is 5. The summed E-state index contributed by atoms with van der Waals surface area (Å²) >= 11 is 6.18. The van der Waals surface area contributed by atoms with Gasteiger partial charge in [-0.25, -0.2) is 9.37 Å². The van der Waals surface area contributed by atoms with E-state index >= 15 is 0 Å². The maximum Gasteiger partial charge on any atom is 0.223 e. The van der Waals surface area contributed by atoms with E-state index in [-0.39, 0.29) is 24.2 Å². The highest BCUT2D eigenvalue weighted by Crippen LogP contribution is 2.29. The van der Waals surface area contributed by atoms with E-state index in [1.807, 2.05) is 28.8 Å². The normalized spacial score (nSPS) is 14.0. The first-order chi connectivity index (χ1) is 12.1. The minimum absolute atomic E-state index is 0.0579. The molecule has 1 aliphatic rings. The first-order valence-corrected chi connectivity index (χ1v) is 8.66. The smallest absolute Gasteiger partial charge is 0.223 e. The highest BCUT2D eigenvalue weighted by atomic mass is 35.5. The van der Waals surface area contributed by atoms with Crippen molar-refractivity contribution in [2.24, 2.45) is 5.92 Å². The molecule has 0 aliphatic heterocycles. The number of aromatic nitrogens is 2. The molecular formula is C19H17ClFN3O. The summed E-state index contributed by atoms with van der Waals surface area (Å²) in [4.78, 5) is 16.5. The SMILES string of the molecule is O=C(NCc1nc2ccccc2n1Cc1c(F)cccc1Cl)C1CC1. The molecule has 0 unspecified atom stereocenters. The second kappa shape index (κ2) is 6.48. The van der Waals surface area contributed by atoms with E-state index in [1.165, 1.54) is 6.07 Å². The summed E-state index contributed by atoms with van der Waals surface area (Å²) in [6, 6.07) is 12.3. The molecule has 2 aromatic carbocycles. The fourth-order valence-electron chi connectivity index (χ4n) is 2.93. The van der Waals surface area contributed by atoms with Crippen LogP contribution in [0.4, 0.5) is 4.39 Å². The predicted molar refractivity (Wildman–Crippen MR) is 94.8 cm³/mol. The predicted octanol–water partition coefficient (Wildman–Crippen LogP) is 3.90. The number of carbonyl (C=O) groups is 1. The molecule has 0 saturated heterocycles. The van der Waals surface area contributed by atoms with Gasteiger partial charge in [0.15, 0.2) is 0 Å². The van der Waals surface area contributed by atoms with Crippen molar-refractivity contribution in [2.45, 2.75) is 25.9 Å². The molecule has 0 radical (unpaired) electrons. The number of amides is 1. The summed E-state index contributed by atoms with van der Waals surface area (Å²) in [5.41, 5.74) is 2.12. The lowest BCUT2D eigenvalue weighted by atomic mass is 10.2. The highest BCUT2D eigenvalue weighted by Gasteiger charge is 2.29. The van der Waals surface area contributed by atoms with Gasteiger partial charge in [0.1, 0.15) is 11.6 Å². The monoisotopic (exact) mass is 357 g/mol. The van der Waals surface area contributed by atoms with Gasteiger partial charge in [-0.2, -0.15) is 0 Å². The Hall–Kier alpha value is -2.40. The van der Waals surface area contributed by atoms with Crippen LogP contribution in [0.2, 0.25) is 5.02 Å². The van der Waals surface area contributed by atoms with Crippen LogP contribution in [0, 0.1) is 11.7 Å². The molecule has 1 N–H and O–H groups in total. The molecule has 1 aromatic heterocycles. The van der Waals surface area contributed by atoms with Crippen LogP contribution in [-0.2, 0) is 17.9 Å². The minimum atomic E-state index is -0.349. The van der Waals surface area contributed by atoms with Crippen LogP contribution < -0.4 is 5.32 Å². The fraction of sp³-hybridized carbons (Fsp3) is 0.263. The van der Waals surface area contributed by atoms with Gasteiger partial charge in [0.05, 0.1) is 24.1 Å². The van der Waals surface area contributed by atoms with Crippen LogP contribution in [0.15, 0.2) is 42.5 Å². The third-order valence-electron chi connectivity index (χ3n) is 4.48. The zero-order valence-corrected chi connectivity index (χ0v) is 14.3. The molecule has 25 heavy (non-hydrogen) atoms. The molecule has 1 fully saturated rings. The molecule has 0 bridgehead atoms. The van der Waals surface area contributed by atoms with Gasteiger partial charge in [-0.1, -0.05) is 29.8 Å². The molecule has 0 atom stereocenters. The molecule has 4 nitrogen and oxygen atoms in total. The van der Waals surface area contributed by atoms with Gasteiger partial charge in [-0.3, -0.25) is 4.79 Å². The van der Waals surface area contributed by atoms with Crippen LogP contribution in [0.3, 0.4) is 0 Å². The summed E-state index contributed by atoms with van der Waals surface area (Å²) in [5, 5.41) is 3.31. The molecule has 6 heteroatoms. The number of nitrogens with zero attached hydrogens (tertiary/aromatic N) is 2. The molecule has 4 rings (SSSR count). The minimum Gasteiger partial charge on any atom is -0.349 e. The fourth-order valence-corrected chi connectivity index (χ4v) is 3.16. The number of hydrogen-bond acceptors (Lipinski definition) is 2. The summed E-state index contributed by atoms with van der Waals surface area (Å²) in [7, 11) is 0. The first-order valence-electron chi connectivity index (χ1n) is 8.28. The lowest BCUT2D eigenvalue weighted by Crippen LogP contribution is -2.26. The van der Waals surface area contributed by atoms with Gasteiger partial charge in [-0.05, 0) is 37.1 Å². The van der Waals surface area contributed by atoms with Crippen LogP contribution in [0.25, 0.3) is 11.0 Å². The summed E-state index contributed by atoms with van der Waals surface area (Å²) in [6.45, 7) is 0.580. The van der Waals surface area contributed by atoms with E-state index in [2.05, 4.69) is 10.3 Å². The Bertz CT molecular complexity index is 929. The Kier molecular flexibility index (Phi) is 4.17. The van der Waals surface area contributed by atoms with E-state index in [0.717, 1.165) is 23.9 Å². The number of benzene rings is 2. The van der Waals surface area contributed by atoms with Crippen molar-refractivity contribution in [3.05, 3.63) is 64.7 Å². The van der Waals surface area contributed by atoms with E-state index in [9.17, 15) is 9.18 Å². The van der Waals surface area contributed by atoms with E-state index < -0.39 is 0 Å². The van der Waals surface area contributed by atoms with Crippen LogP contribution in [-0.4, -0.2) is 15.5 Å². The summed E-state index contributed by atoms with van der Waals surface area (Å²) < 4.78 is 16.1. The number of imidazole rings is 1. The molecule has 3 aromatic rings. The van der Waals surface area contributed by atoms with Gasteiger partial charge in [-0.15, -0.1) is 0 Å². The Balaban J connectivity index is 1.70. The third kappa shape index (κ3) is 3.24. The van der Waals surface area contributed by atoms with E-state index in [4.69, 9.17) is 11.6 Å². The van der Waals surface area contributed by atoms with Crippen molar-refractivity contribution >= 4 is 28.5 Å². The zero-order chi connectivity index (χ0) is 17.4. The van der Waals surface area contributed by atoms with Gasteiger partial charge in [0.25, 0.3) is 0 Å². The number of fused-ring (bicyclic) bond motifs is 1. The first kappa shape index (κ1) is 16.1. The Morgan fingerprint density at radius 1 is 1.24 bits per heavy atom. The lowest BCUT2D eigenvalue weighted by Gasteiger charge is -2.12. The maximum absolute atomic E-state index is 14.2. The van der Waals surface area contributed by atoms with Gasteiger partial charge in [0, 0.05) is 16.5 Å². The van der Waals surface area contributed by atoms with Crippen molar-refractivity contribution in [2.75, 3.05) is 0 Å². The van der Waals surface area contributed by atoms with Crippen molar-refractivity contribution in [1.29, 1.82) is 0 Å². The molecule has 128 valence electrons. The third-order valence-corrected chi connectivity index (χ3v) is 4.83. The quantitative estimate of drug-likeness (QED) is 0.752. The second-order valence-electron chi connectivity index (χ2n) is 6.30. The van der Waals surface area contributed by atoms with Crippen molar-refractivity contribution in [3.63, 3.8) is 0 Å². The molecule has 1 amide bonds. The van der Waals surface area contributed by atoms with Crippen LogP contribution in [0.1, 0.15) is 24.2 Å². The number of hydrogen-bond donors (Lipinski definition) is 1. The van der Waals surface area contributed by atoms with Gasteiger partial charge in [0.2, 0.25) is 5.91 Å². The molecule has 1 heterocycles. The topological polar surface area (TPSA) is 46.9 Å². The average Bonchev–Trinajstić information content (AvgIpc) is 3.39. The largest absolute Gasteiger partial charge is 0.349 e. The van der Waals surface area contributed by atoms with Crippen molar-refractivity contribution < 1.29 is 9.18 Å². The number of carbonyl (C=O) groups excluding carboxylic acids is 1.